The Labute approximate surface area is 178 Å². The van der Waals surface area contributed by atoms with Crippen molar-refractivity contribution in [3.63, 3.8) is 0 Å². The van der Waals surface area contributed by atoms with Crippen molar-refractivity contribution >= 4 is 5.91 Å². The van der Waals surface area contributed by atoms with Crippen molar-refractivity contribution in [1.82, 2.24) is 9.47 Å². The lowest BCUT2D eigenvalue weighted by atomic mass is 10.1. The highest BCUT2D eigenvalue weighted by atomic mass is 16.5. The van der Waals surface area contributed by atoms with Gasteiger partial charge in [0, 0.05) is 24.5 Å². The maximum absolute atomic E-state index is 13.7. The number of ether oxygens (including phenoxy) is 2. The van der Waals surface area contributed by atoms with Crippen LogP contribution in [0, 0.1) is 0 Å². The second kappa shape index (κ2) is 10.0. The molecular weight excluding hydrogens is 376 g/mol. The number of rotatable bonds is 9. The van der Waals surface area contributed by atoms with Gasteiger partial charge in [0.1, 0.15) is 17.1 Å². The number of carbonyl (C=O) groups excluding carboxylic acids is 1. The first-order chi connectivity index (χ1) is 14.6. The molecule has 158 valence electrons. The highest BCUT2D eigenvalue weighted by molar-refractivity contribution is 5.99. The minimum Gasteiger partial charge on any atom is -0.496 e. The molecule has 0 fully saturated rings. The fraction of sp³-hybridized carbons (Fsp3) is 0.320. The van der Waals surface area contributed by atoms with Gasteiger partial charge in [-0.15, -0.1) is 0 Å². The van der Waals surface area contributed by atoms with Crippen LogP contribution in [0.4, 0.5) is 0 Å². The van der Waals surface area contributed by atoms with Gasteiger partial charge in [0.25, 0.3) is 5.91 Å². The van der Waals surface area contributed by atoms with Gasteiger partial charge in [-0.3, -0.25) is 4.79 Å². The Hall–Kier alpha value is -3.21. The largest absolute Gasteiger partial charge is 0.496 e. The van der Waals surface area contributed by atoms with E-state index < -0.39 is 0 Å². The second-order valence-corrected chi connectivity index (χ2v) is 7.34. The van der Waals surface area contributed by atoms with Crippen LogP contribution in [0.3, 0.4) is 0 Å². The molecule has 3 rings (SSSR count). The van der Waals surface area contributed by atoms with Crippen molar-refractivity contribution in [3.8, 4) is 11.5 Å². The van der Waals surface area contributed by atoms with Crippen molar-refractivity contribution in [1.29, 1.82) is 0 Å². The maximum atomic E-state index is 13.7. The number of benzene rings is 2. The first-order valence-corrected chi connectivity index (χ1v) is 10.3. The van der Waals surface area contributed by atoms with Gasteiger partial charge in [-0.25, -0.2) is 0 Å². The summed E-state index contributed by atoms with van der Waals surface area (Å²) in [5.74, 6) is 0.950. The van der Waals surface area contributed by atoms with Crippen LogP contribution in [0.2, 0.25) is 0 Å². The van der Waals surface area contributed by atoms with E-state index >= 15 is 0 Å². The number of carbonyl (C=O) groups is 1. The zero-order chi connectivity index (χ0) is 21.5. The van der Waals surface area contributed by atoms with E-state index in [0.717, 1.165) is 18.7 Å². The van der Waals surface area contributed by atoms with E-state index in [1.165, 1.54) is 5.56 Å². The number of amides is 1. The highest BCUT2D eigenvalue weighted by Crippen LogP contribution is 2.31. The number of nitrogens with zero attached hydrogens (tertiary/aromatic N) is 2. The molecule has 0 N–H and O–H groups in total. The van der Waals surface area contributed by atoms with Crippen molar-refractivity contribution < 1.29 is 14.3 Å². The quantitative estimate of drug-likeness (QED) is 0.503. The summed E-state index contributed by atoms with van der Waals surface area (Å²) in [6, 6.07) is 19.9. The maximum Gasteiger partial charge on any atom is 0.262 e. The summed E-state index contributed by atoms with van der Waals surface area (Å²) in [5.41, 5.74) is 2.77. The SMILES string of the molecule is CCC(C)N(Cc1cccn1Cc1ccccc1)C(=O)c1c(OC)cccc1OC. The first-order valence-electron chi connectivity index (χ1n) is 10.3. The van der Waals surface area contributed by atoms with Crippen LogP contribution in [-0.2, 0) is 13.1 Å². The average Bonchev–Trinajstić information content (AvgIpc) is 3.22. The summed E-state index contributed by atoms with van der Waals surface area (Å²) < 4.78 is 13.1. The molecule has 1 atom stereocenters. The molecule has 0 saturated carbocycles. The topological polar surface area (TPSA) is 43.7 Å². The van der Waals surface area contributed by atoms with Crippen LogP contribution in [-0.4, -0.2) is 35.6 Å². The van der Waals surface area contributed by atoms with Gasteiger partial charge in [-0.2, -0.15) is 0 Å². The smallest absolute Gasteiger partial charge is 0.262 e. The fourth-order valence-corrected chi connectivity index (χ4v) is 3.56. The predicted octanol–water partition coefficient (Wildman–Crippen LogP) is 4.99. The predicted molar refractivity (Wildman–Crippen MR) is 119 cm³/mol. The van der Waals surface area contributed by atoms with E-state index in [0.29, 0.717) is 23.6 Å². The van der Waals surface area contributed by atoms with Crippen LogP contribution in [0.1, 0.15) is 41.9 Å². The van der Waals surface area contributed by atoms with Gasteiger partial charge < -0.3 is 18.9 Å². The standard InChI is InChI=1S/C25H30N2O3/c1-5-19(2)27(25(28)24-22(29-3)14-9-15-23(24)30-4)18-21-13-10-16-26(21)17-20-11-7-6-8-12-20/h6-16,19H,5,17-18H2,1-4H3. The van der Waals surface area contributed by atoms with Crippen molar-refractivity contribution in [3.05, 3.63) is 83.7 Å². The molecule has 5 nitrogen and oxygen atoms in total. The summed E-state index contributed by atoms with van der Waals surface area (Å²) in [6.07, 6.45) is 2.91. The summed E-state index contributed by atoms with van der Waals surface area (Å²) in [7, 11) is 3.15. The van der Waals surface area contributed by atoms with E-state index in [9.17, 15) is 4.79 Å². The number of aromatic nitrogens is 1. The lowest BCUT2D eigenvalue weighted by molar-refractivity contribution is 0.0660. The van der Waals surface area contributed by atoms with Crippen LogP contribution in [0.15, 0.2) is 66.9 Å². The third-order valence-electron chi connectivity index (χ3n) is 5.48. The Morgan fingerprint density at radius 1 is 0.967 bits per heavy atom. The molecular formula is C25H30N2O3. The molecule has 5 heteroatoms. The molecule has 0 aliphatic rings. The summed E-state index contributed by atoms with van der Waals surface area (Å²) in [4.78, 5) is 15.6. The number of hydrogen-bond acceptors (Lipinski definition) is 3. The molecule has 1 unspecified atom stereocenters. The van der Waals surface area contributed by atoms with Crippen LogP contribution >= 0.6 is 0 Å². The first kappa shape index (κ1) is 21.5. The molecule has 30 heavy (non-hydrogen) atoms. The van der Waals surface area contributed by atoms with Crippen molar-refractivity contribution in [2.75, 3.05) is 14.2 Å². The van der Waals surface area contributed by atoms with Crippen LogP contribution in [0.5, 0.6) is 11.5 Å². The van der Waals surface area contributed by atoms with E-state index in [-0.39, 0.29) is 11.9 Å². The Bertz CT molecular complexity index is 943. The number of methoxy groups -OCH3 is 2. The molecule has 1 heterocycles. The van der Waals surface area contributed by atoms with Gasteiger partial charge in [-0.05, 0) is 43.2 Å². The summed E-state index contributed by atoms with van der Waals surface area (Å²) in [5, 5.41) is 0. The fourth-order valence-electron chi connectivity index (χ4n) is 3.56. The van der Waals surface area contributed by atoms with E-state index in [1.807, 2.05) is 35.2 Å². The van der Waals surface area contributed by atoms with E-state index in [4.69, 9.17) is 9.47 Å². The third-order valence-corrected chi connectivity index (χ3v) is 5.48. The minimum absolute atomic E-state index is 0.0622. The minimum atomic E-state index is -0.0916. The van der Waals surface area contributed by atoms with E-state index in [2.05, 4.69) is 42.8 Å². The zero-order valence-corrected chi connectivity index (χ0v) is 18.2. The van der Waals surface area contributed by atoms with Gasteiger partial charge in [0.05, 0.1) is 20.8 Å². The molecule has 0 aliphatic heterocycles. The van der Waals surface area contributed by atoms with E-state index in [1.54, 1.807) is 26.4 Å². The van der Waals surface area contributed by atoms with Gasteiger partial charge >= 0.3 is 0 Å². The normalized spacial score (nSPS) is 11.7. The Balaban J connectivity index is 1.92. The monoisotopic (exact) mass is 406 g/mol. The molecule has 3 aromatic rings. The van der Waals surface area contributed by atoms with Crippen LogP contribution in [0.25, 0.3) is 0 Å². The Morgan fingerprint density at radius 3 is 2.23 bits per heavy atom. The molecule has 1 amide bonds. The molecule has 1 aromatic heterocycles. The lowest BCUT2D eigenvalue weighted by Gasteiger charge is -2.30. The van der Waals surface area contributed by atoms with Gasteiger partial charge in [0.2, 0.25) is 0 Å². The average molecular weight is 407 g/mol. The second-order valence-electron chi connectivity index (χ2n) is 7.34. The van der Waals surface area contributed by atoms with Crippen LogP contribution < -0.4 is 9.47 Å². The lowest BCUT2D eigenvalue weighted by Crippen LogP contribution is -2.38. The molecule has 0 bridgehead atoms. The summed E-state index contributed by atoms with van der Waals surface area (Å²) >= 11 is 0. The Kier molecular flexibility index (Phi) is 7.17. The molecule has 0 radical (unpaired) electrons. The van der Waals surface area contributed by atoms with Gasteiger partial charge in [-0.1, -0.05) is 43.3 Å². The Morgan fingerprint density at radius 2 is 1.63 bits per heavy atom. The van der Waals surface area contributed by atoms with Crippen molar-refractivity contribution in [2.45, 2.75) is 39.4 Å². The third kappa shape index (κ3) is 4.67. The highest BCUT2D eigenvalue weighted by Gasteiger charge is 2.27. The molecule has 0 spiro atoms. The molecule has 0 aliphatic carbocycles. The molecule has 0 saturated heterocycles. The van der Waals surface area contributed by atoms with Gasteiger partial charge in [0.15, 0.2) is 0 Å². The number of hydrogen-bond donors (Lipinski definition) is 0. The summed E-state index contributed by atoms with van der Waals surface area (Å²) in [6.45, 7) is 5.44. The molecule has 2 aromatic carbocycles. The zero-order valence-electron chi connectivity index (χ0n) is 18.2. The van der Waals surface area contributed by atoms with Crippen molar-refractivity contribution in [2.24, 2.45) is 0 Å².